The quantitative estimate of drug-likeness (QED) is 0.525. The number of hydrogen-bond acceptors (Lipinski definition) is 3. The van der Waals surface area contributed by atoms with E-state index in [9.17, 15) is 4.79 Å². The smallest absolute Gasteiger partial charge is 0.251 e. The number of para-hydroxylation sites is 2. The van der Waals surface area contributed by atoms with Crippen molar-refractivity contribution < 1.29 is 4.79 Å². The lowest BCUT2D eigenvalue weighted by molar-refractivity contribution is 0.0952. The van der Waals surface area contributed by atoms with E-state index in [1.165, 1.54) is 0 Å². The van der Waals surface area contributed by atoms with Crippen molar-refractivity contribution in [2.45, 2.75) is 20.3 Å². The van der Waals surface area contributed by atoms with Gasteiger partial charge in [0.15, 0.2) is 4.77 Å². The molecule has 0 saturated heterocycles. The second kappa shape index (κ2) is 6.53. The summed E-state index contributed by atoms with van der Waals surface area (Å²) < 4.78 is 2.51. The molecule has 2 N–H and O–H groups in total. The molecule has 0 bridgehead atoms. The number of nitrogens with one attached hydrogen (secondary N) is 2. The van der Waals surface area contributed by atoms with E-state index in [0.29, 0.717) is 22.8 Å². The Morgan fingerprint density at radius 1 is 1.27 bits per heavy atom. The van der Waals surface area contributed by atoms with Gasteiger partial charge < -0.3 is 10.3 Å². The highest BCUT2D eigenvalue weighted by Gasteiger charge is 2.12. The van der Waals surface area contributed by atoms with E-state index in [4.69, 9.17) is 17.2 Å². The summed E-state index contributed by atoms with van der Waals surface area (Å²) in [5.74, 6) is 0.492. The highest BCUT2D eigenvalue weighted by molar-refractivity contribution is 7.71. The van der Waals surface area contributed by atoms with E-state index < -0.39 is 0 Å². The number of imidazole rings is 1. The molecule has 4 rings (SSSR count). The predicted molar refractivity (Wildman–Crippen MR) is 107 cm³/mol. The molecule has 0 fully saturated rings. The molecule has 0 aliphatic carbocycles. The van der Waals surface area contributed by atoms with Crippen molar-refractivity contribution in [2.75, 3.05) is 6.54 Å². The van der Waals surface area contributed by atoms with Crippen LogP contribution in [0.15, 0.2) is 42.5 Å². The number of carbonyl (C=O) groups excluding carboxylic acids is 1. The van der Waals surface area contributed by atoms with Crippen LogP contribution >= 0.6 is 12.2 Å². The summed E-state index contributed by atoms with van der Waals surface area (Å²) in [6, 6.07) is 13.5. The van der Waals surface area contributed by atoms with Gasteiger partial charge in [-0.2, -0.15) is 0 Å². The molecule has 4 aromatic rings. The highest BCUT2D eigenvalue weighted by atomic mass is 32.1. The van der Waals surface area contributed by atoms with Gasteiger partial charge >= 0.3 is 0 Å². The van der Waals surface area contributed by atoms with Gasteiger partial charge in [-0.3, -0.25) is 9.20 Å². The molecule has 0 unspecified atom stereocenters. The average Bonchev–Trinajstić information content (AvgIpc) is 3.01. The van der Waals surface area contributed by atoms with Gasteiger partial charge in [-0.05, 0) is 54.9 Å². The third kappa shape index (κ3) is 2.86. The number of carbonyl (C=O) groups is 1. The number of H-pyrrole nitrogens is 1. The number of nitrogens with zero attached hydrogens (tertiary/aromatic N) is 2. The summed E-state index contributed by atoms with van der Waals surface area (Å²) in [6.07, 6.45) is 0.961. The maximum Gasteiger partial charge on any atom is 0.251 e. The Morgan fingerprint density at radius 3 is 2.88 bits per heavy atom. The molecule has 132 valence electrons. The molecule has 2 aromatic carbocycles. The van der Waals surface area contributed by atoms with Gasteiger partial charge in [0, 0.05) is 17.5 Å². The summed E-state index contributed by atoms with van der Waals surface area (Å²) in [5.41, 5.74) is 4.11. The number of amides is 1. The molecule has 1 amide bonds. The van der Waals surface area contributed by atoms with E-state index in [1.807, 2.05) is 46.9 Å². The van der Waals surface area contributed by atoms with Gasteiger partial charge in [-0.15, -0.1) is 0 Å². The average molecular weight is 364 g/mol. The first-order valence-corrected chi connectivity index (χ1v) is 9.17. The molecule has 2 aromatic heterocycles. The Hall–Kier alpha value is -2.73. The standard InChI is InChI=1S/C20H20N4OS/c1-12(2)9-10-21-19(25)13-7-8-14-16(11-13)23-20(26)24-17-6-4-3-5-15(17)22-18(14)24/h3-8,11-12H,9-10H2,1-2H3,(H,21,25)(H,23,26). The van der Waals surface area contributed by atoms with Gasteiger partial charge in [0.2, 0.25) is 0 Å². The van der Waals surface area contributed by atoms with Crippen LogP contribution in [0.25, 0.3) is 27.6 Å². The molecular formula is C20H20N4OS. The van der Waals surface area contributed by atoms with Crippen molar-refractivity contribution in [3.05, 3.63) is 52.8 Å². The minimum atomic E-state index is -0.0692. The summed E-state index contributed by atoms with van der Waals surface area (Å²) in [7, 11) is 0. The first kappa shape index (κ1) is 16.7. The van der Waals surface area contributed by atoms with E-state index in [0.717, 1.165) is 34.0 Å². The van der Waals surface area contributed by atoms with Gasteiger partial charge in [-0.1, -0.05) is 26.0 Å². The summed E-state index contributed by atoms with van der Waals surface area (Å²) in [6.45, 7) is 4.96. The van der Waals surface area contributed by atoms with Crippen LogP contribution in [0.3, 0.4) is 0 Å². The van der Waals surface area contributed by atoms with Crippen LogP contribution in [0.1, 0.15) is 30.6 Å². The fourth-order valence-electron chi connectivity index (χ4n) is 3.14. The molecule has 0 saturated carbocycles. The number of fused-ring (bicyclic) bond motifs is 5. The molecule has 0 radical (unpaired) electrons. The lowest BCUT2D eigenvalue weighted by Crippen LogP contribution is -2.25. The van der Waals surface area contributed by atoms with Crippen LogP contribution < -0.4 is 5.32 Å². The van der Waals surface area contributed by atoms with Gasteiger partial charge in [0.25, 0.3) is 5.91 Å². The topological polar surface area (TPSA) is 62.2 Å². The zero-order valence-electron chi connectivity index (χ0n) is 14.7. The molecule has 0 aliphatic rings. The SMILES string of the molecule is CC(C)CCNC(=O)c1ccc2c(c1)[nH]c(=S)n1c3ccccc3nc21. The van der Waals surface area contributed by atoms with Gasteiger partial charge in [-0.25, -0.2) is 4.98 Å². The Labute approximate surface area is 156 Å². The normalized spacial score (nSPS) is 11.7. The van der Waals surface area contributed by atoms with E-state index in [-0.39, 0.29) is 5.91 Å². The lowest BCUT2D eigenvalue weighted by Gasteiger charge is -2.08. The Balaban J connectivity index is 1.80. The Bertz CT molecular complexity index is 1190. The first-order valence-electron chi connectivity index (χ1n) is 8.76. The van der Waals surface area contributed by atoms with E-state index >= 15 is 0 Å². The predicted octanol–water partition coefficient (Wildman–Crippen LogP) is 4.47. The number of aromatic nitrogens is 3. The maximum absolute atomic E-state index is 12.4. The second-order valence-electron chi connectivity index (χ2n) is 6.89. The summed E-state index contributed by atoms with van der Waals surface area (Å²) in [5, 5.41) is 3.91. The van der Waals surface area contributed by atoms with Gasteiger partial charge in [0.05, 0.1) is 16.6 Å². The number of hydrogen-bond donors (Lipinski definition) is 2. The summed E-state index contributed by atoms with van der Waals surface area (Å²) in [4.78, 5) is 20.3. The second-order valence-corrected chi connectivity index (χ2v) is 7.28. The fourth-order valence-corrected chi connectivity index (χ4v) is 3.44. The first-order chi connectivity index (χ1) is 12.5. The van der Waals surface area contributed by atoms with Crippen molar-refractivity contribution >= 4 is 45.7 Å². The molecule has 0 spiro atoms. The van der Waals surface area contributed by atoms with Crippen molar-refractivity contribution in [3.63, 3.8) is 0 Å². The molecule has 2 heterocycles. The third-order valence-corrected chi connectivity index (χ3v) is 4.82. The Morgan fingerprint density at radius 2 is 2.08 bits per heavy atom. The molecule has 26 heavy (non-hydrogen) atoms. The molecular weight excluding hydrogens is 344 g/mol. The van der Waals surface area contributed by atoms with Crippen molar-refractivity contribution in [2.24, 2.45) is 5.92 Å². The van der Waals surface area contributed by atoms with Crippen LogP contribution in [0, 0.1) is 10.7 Å². The monoisotopic (exact) mass is 364 g/mol. The van der Waals surface area contributed by atoms with Crippen molar-refractivity contribution in [3.8, 4) is 0 Å². The molecule has 0 atom stereocenters. The molecule has 5 nitrogen and oxygen atoms in total. The van der Waals surface area contributed by atoms with E-state index in [2.05, 4.69) is 24.1 Å². The van der Waals surface area contributed by atoms with Crippen LogP contribution in [-0.2, 0) is 0 Å². The minimum absolute atomic E-state index is 0.0692. The summed E-state index contributed by atoms with van der Waals surface area (Å²) >= 11 is 5.54. The lowest BCUT2D eigenvalue weighted by atomic mass is 10.1. The number of rotatable bonds is 4. The highest BCUT2D eigenvalue weighted by Crippen LogP contribution is 2.24. The van der Waals surface area contributed by atoms with Crippen LogP contribution in [0.4, 0.5) is 0 Å². The zero-order chi connectivity index (χ0) is 18.3. The Kier molecular flexibility index (Phi) is 4.20. The zero-order valence-corrected chi connectivity index (χ0v) is 15.6. The van der Waals surface area contributed by atoms with Crippen molar-refractivity contribution in [1.29, 1.82) is 0 Å². The van der Waals surface area contributed by atoms with Crippen molar-refractivity contribution in [1.82, 2.24) is 19.7 Å². The molecule has 0 aliphatic heterocycles. The minimum Gasteiger partial charge on any atom is -0.352 e. The third-order valence-electron chi connectivity index (χ3n) is 4.54. The largest absolute Gasteiger partial charge is 0.352 e. The van der Waals surface area contributed by atoms with Crippen LogP contribution in [-0.4, -0.2) is 26.8 Å². The van der Waals surface area contributed by atoms with Gasteiger partial charge in [0.1, 0.15) is 5.65 Å². The number of benzene rings is 2. The van der Waals surface area contributed by atoms with Crippen LogP contribution in [0.2, 0.25) is 0 Å². The van der Waals surface area contributed by atoms with E-state index in [1.54, 1.807) is 0 Å². The maximum atomic E-state index is 12.4. The number of aromatic amines is 1. The van der Waals surface area contributed by atoms with Crippen LogP contribution in [0.5, 0.6) is 0 Å². The molecule has 6 heteroatoms. The fraction of sp³-hybridized carbons (Fsp3) is 0.250.